The van der Waals surface area contributed by atoms with Crippen LogP contribution in [0.2, 0.25) is 0 Å². The van der Waals surface area contributed by atoms with Crippen LogP contribution in [-0.4, -0.2) is 20.6 Å². The fourth-order valence-corrected chi connectivity index (χ4v) is 2.89. The van der Waals surface area contributed by atoms with E-state index in [2.05, 4.69) is 25.9 Å². The third-order valence-corrected chi connectivity index (χ3v) is 4.41. The third kappa shape index (κ3) is 4.51. The molecule has 3 aromatic carbocycles. The van der Waals surface area contributed by atoms with Crippen LogP contribution in [0.4, 0.5) is 5.69 Å². The molecule has 0 saturated heterocycles. The van der Waals surface area contributed by atoms with E-state index in [9.17, 15) is 5.26 Å². The van der Waals surface area contributed by atoms with E-state index in [1.807, 2.05) is 84.9 Å². The summed E-state index contributed by atoms with van der Waals surface area (Å²) in [6.07, 6.45) is 1.55. The Balaban J connectivity index is 1.48. The summed E-state index contributed by atoms with van der Waals surface area (Å²) < 4.78 is 6.06. The smallest absolute Gasteiger partial charge is 0.216 e. The van der Waals surface area contributed by atoms with Gasteiger partial charge in [-0.05, 0) is 34.5 Å². The molecular weight excluding hydrogens is 376 g/mol. The second-order valence-corrected chi connectivity index (χ2v) is 6.40. The van der Waals surface area contributed by atoms with Crippen molar-refractivity contribution in [2.24, 2.45) is 0 Å². The van der Waals surface area contributed by atoms with Crippen LogP contribution < -0.4 is 10.1 Å². The molecule has 0 unspecified atom stereocenters. The summed E-state index contributed by atoms with van der Waals surface area (Å²) in [6.45, 7) is 0.509. The van der Waals surface area contributed by atoms with E-state index in [0.29, 0.717) is 6.61 Å². The van der Waals surface area contributed by atoms with Crippen molar-refractivity contribution < 1.29 is 4.74 Å². The summed E-state index contributed by atoms with van der Waals surface area (Å²) in [5.41, 5.74) is 4.28. The van der Waals surface area contributed by atoms with Gasteiger partial charge < -0.3 is 10.1 Å². The summed E-state index contributed by atoms with van der Waals surface area (Å²) in [4.78, 5) is 0. The van der Waals surface area contributed by atoms with E-state index in [-0.39, 0.29) is 11.4 Å². The van der Waals surface area contributed by atoms with E-state index < -0.39 is 0 Å². The van der Waals surface area contributed by atoms with Gasteiger partial charge in [-0.3, -0.25) is 0 Å². The van der Waals surface area contributed by atoms with Crippen molar-refractivity contribution in [3.05, 3.63) is 96.5 Å². The first-order valence-electron chi connectivity index (χ1n) is 9.30. The second kappa shape index (κ2) is 9.17. The Bertz CT molecular complexity index is 1160. The third-order valence-electron chi connectivity index (χ3n) is 4.41. The molecule has 30 heavy (non-hydrogen) atoms. The second-order valence-electron chi connectivity index (χ2n) is 6.40. The number of anilines is 1. The molecule has 7 nitrogen and oxygen atoms in total. The number of nitrogens with zero attached hydrogens (tertiary/aromatic N) is 4. The zero-order valence-corrected chi connectivity index (χ0v) is 16.0. The first-order chi connectivity index (χ1) is 14.8. The summed E-state index contributed by atoms with van der Waals surface area (Å²) in [5.74, 6) is 1.07. The van der Waals surface area contributed by atoms with Crippen LogP contribution in [0.15, 0.2) is 85.1 Å². The minimum absolute atomic E-state index is 0.242. The molecule has 1 heterocycles. The minimum Gasteiger partial charge on any atom is -0.488 e. The Labute approximate surface area is 173 Å². The highest BCUT2D eigenvalue weighted by molar-refractivity contribution is 5.75. The molecule has 4 aromatic rings. The van der Waals surface area contributed by atoms with Crippen LogP contribution in [-0.2, 0) is 6.61 Å². The fourth-order valence-electron chi connectivity index (χ4n) is 2.89. The number of ether oxygens (including phenoxy) is 1. The van der Waals surface area contributed by atoms with Gasteiger partial charge in [0, 0.05) is 17.5 Å². The zero-order chi connectivity index (χ0) is 20.6. The number of aromatic nitrogens is 4. The maximum atomic E-state index is 9.24. The van der Waals surface area contributed by atoms with Crippen LogP contribution in [0.5, 0.6) is 5.75 Å². The van der Waals surface area contributed by atoms with Crippen LogP contribution >= 0.6 is 0 Å². The predicted molar refractivity (Wildman–Crippen MR) is 114 cm³/mol. The number of aromatic amines is 1. The van der Waals surface area contributed by atoms with E-state index in [4.69, 9.17) is 4.74 Å². The topological polar surface area (TPSA) is 99.5 Å². The van der Waals surface area contributed by atoms with Gasteiger partial charge >= 0.3 is 0 Å². The molecule has 0 aliphatic carbocycles. The van der Waals surface area contributed by atoms with Gasteiger partial charge in [0.2, 0.25) is 5.82 Å². The predicted octanol–water partition coefficient (Wildman–Crippen LogP) is 4.42. The highest BCUT2D eigenvalue weighted by atomic mass is 16.5. The number of nitrogens with one attached hydrogen (secondary N) is 2. The first kappa shape index (κ1) is 18.9. The van der Waals surface area contributed by atoms with E-state index in [1.165, 1.54) is 0 Å². The SMILES string of the molecule is N#CC(=CNc1ccc(-c2ccccc2OCc2ccccc2)cc1)c1nn[nH]n1. The standard InChI is InChI=1S/C23H18N6O/c24-14-19(23-26-28-29-27-23)15-25-20-12-10-18(11-13-20)21-8-4-5-9-22(21)30-16-17-6-2-1-3-7-17/h1-13,15,25H,16H2,(H,26,27,28,29). The Kier molecular flexibility index (Phi) is 5.78. The Morgan fingerprint density at radius 2 is 1.77 bits per heavy atom. The molecule has 1 aromatic heterocycles. The van der Waals surface area contributed by atoms with Crippen molar-refractivity contribution in [2.75, 3.05) is 5.32 Å². The molecule has 0 aliphatic heterocycles. The van der Waals surface area contributed by atoms with Gasteiger partial charge in [-0.15, -0.1) is 10.2 Å². The average Bonchev–Trinajstić information content (AvgIpc) is 3.34. The lowest BCUT2D eigenvalue weighted by atomic mass is 10.0. The number of allylic oxidation sites excluding steroid dienone is 1. The molecule has 4 rings (SSSR count). The number of H-pyrrole nitrogens is 1. The lowest BCUT2D eigenvalue weighted by Gasteiger charge is -2.12. The molecule has 0 amide bonds. The van der Waals surface area contributed by atoms with Crippen molar-refractivity contribution in [1.29, 1.82) is 5.26 Å². The molecular formula is C23H18N6O. The number of hydrogen-bond acceptors (Lipinski definition) is 6. The van der Waals surface area contributed by atoms with Crippen molar-refractivity contribution in [1.82, 2.24) is 20.6 Å². The molecule has 0 aliphatic rings. The van der Waals surface area contributed by atoms with Crippen molar-refractivity contribution in [3.63, 3.8) is 0 Å². The molecule has 0 spiro atoms. The molecule has 146 valence electrons. The Hall–Kier alpha value is -4.44. The van der Waals surface area contributed by atoms with E-state index in [0.717, 1.165) is 28.1 Å². The molecule has 0 radical (unpaired) electrons. The normalized spacial score (nSPS) is 11.0. The average molecular weight is 394 g/mol. The quantitative estimate of drug-likeness (QED) is 0.450. The van der Waals surface area contributed by atoms with Crippen molar-refractivity contribution >= 4 is 11.3 Å². The van der Waals surface area contributed by atoms with E-state index in [1.54, 1.807) is 6.20 Å². The molecule has 7 heteroatoms. The molecule has 0 fully saturated rings. The summed E-state index contributed by atoms with van der Waals surface area (Å²) in [7, 11) is 0. The summed E-state index contributed by atoms with van der Waals surface area (Å²) in [5, 5.41) is 25.7. The van der Waals surface area contributed by atoms with Gasteiger partial charge in [-0.25, -0.2) is 0 Å². The van der Waals surface area contributed by atoms with Crippen LogP contribution in [0.25, 0.3) is 16.7 Å². The van der Waals surface area contributed by atoms with Crippen molar-refractivity contribution in [3.8, 4) is 22.9 Å². The van der Waals surface area contributed by atoms with Gasteiger partial charge in [0.15, 0.2) is 0 Å². The summed E-state index contributed by atoms with van der Waals surface area (Å²) >= 11 is 0. The molecule has 0 atom stereocenters. The Morgan fingerprint density at radius 1 is 1.00 bits per heavy atom. The molecule has 2 N–H and O–H groups in total. The van der Waals surface area contributed by atoms with Crippen molar-refractivity contribution in [2.45, 2.75) is 6.61 Å². The number of para-hydroxylation sites is 1. The lowest BCUT2D eigenvalue weighted by molar-refractivity contribution is 0.307. The van der Waals surface area contributed by atoms with Gasteiger partial charge in [-0.1, -0.05) is 60.7 Å². The lowest BCUT2D eigenvalue weighted by Crippen LogP contribution is -1.97. The number of rotatable bonds is 7. The zero-order valence-electron chi connectivity index (χ0n) is 16.0. The molecule has 0 saturated carbocycles. The van der Waals surface area contributed by atoms with Gasteiger partial charge in [0.05, 0.1) is 0 Å². The highest BCUT2D eigenvalue weighted by Gasteiger charge is 2.07. The maximum Gasteiger partial charge on any atom is 0.216 e. The number of nitriles is 1. The number of benzene rings is 3. The largest absolute Gasteiger partial charge is 0.488 e. The maximum absolute atomic E-state index is 9.24. The van der Waals surface area contributed by atoms with E-state index >= 15 is 0 Å². The highest BCUT2D eigenvalue weighted by Crippen LogP contribution is 2.31. The van der Waals surface area contributed by atoms with Gasteiger partial charge in [-0.2, -0.15) is 10.5 Å². The first-order valence-corrected chi connectivity index (χ1v) is 9.30. The van der Waals surface area contributed by atoms with Crippen LogP contribution in [0, 0.1) is 11.3 Å². The molecule has 0 bridgehead atoms. The number of tetrazole rings is 1. The van der Waals surface area contributed by atoms with Crippen LogP contribution in [0.3, 0.4) is 0 Å². The van der Waals surface area contributed by atoms with Gasteiger partial charge in [0.1, 0.15) is 24.0 Å². The number of hydrogen-bond donors (Lipinski definition) is 2. The minimum atomic E-state index is 0.242. The fraction of sp³-hybridized carbons (Fsp3) is 0.0435. The van der Waals surface area contributed by atoms with Gasteiger partial charge in [0.25, 0.3) is 0 Å². The summed E-state index contributed by atoms with van der Waals surface area (Å²) in [6, 6.07) is 28.0. The monoisotopic (exact) mass is 394 g/mol. The van der Waals surface area contributed by atoms with Crippen LogP contribution in [0.1, 0.15) is 11.4 Å². The Morgan fingerprint density at radius 3 is 2.50 bits per heavy atom.